The van der Waals surface area contributed by atoms with E-state index in [2.05, 4.69) is 24.3 Å². The summed E-state index contributed by atoms with van der Waals surface area (Å²) in [6.07, 6.45) is 20.9. The minimum absolute atomic E-state index is 0.595. The van der Waals surface area contributed by atoms with E-state index >= 15 is 0 Å². The van der Waals surface area contributed by atoms with E-state index in [4.69, 9.17) is 10.8 Å². The minimum Gasteiger partial charge on any atom is -0.275 e. The molecule has 0 atom stereocenters. The fourth-order valence-electron chi connectivity index (χ4n) is 3.27. The lowest BCUT2D eigenvalue weighted by molar-refractivity contribution is 0.340. The Hall–Kier alpha value is -1.96. The predicted molar refractivity (Wildman–Crippen MR) is 83.9 cm³/mol. The van der Waals surface area contributed by atoms with Crippen LogP contribution >= 0.6 is 0 Å². The van der Waals surface area contributed by atoms with Crippen LogP contribution in [0.3, 0.4) is 0 Å². The SMILES string of the molecule is N=C1C=CC(C2CCC(C3=C[CH+]C(=N)C=C3)CC2)=C[CH+]1. The van der Waals surface area contributed by atoms with E-state index in [1.165, 1.54) is 36.8 Å². The molecule has 0 aromatic heterocycles. The first-order chi connectivity index (χ1) is 9.72. The van der Waals surface area contributed by atoms with Crippen LogP contribution in [0.2, 0.25) is 0 Å². The highest BCUT2D eigenvalue weighted by Crippen LogP contribution is 2.38. The Morgan fingerprint density at radius 2 is 1.10 bits per heavy atom. The van der Waals surface area contributed by atoms with E-state index in [0.717, 1.165) is 0 Å². The standard InChI is InChI=1S/C18H20N2/c19-17-9-5-15(6-10-17)13-1-2-14(4-3-13)16-7-11-18(20)12-8-16/h5-14,19-20H,1-4H2/q+2. The molecule has 0 amide bonds. The van der Waals surface area contributed by atoms with Gasteiger partial charge in [0.05, 0.1) is 60.4 Å². The third kappa shape index (κ3) is 2.79. The summed E-state index contributed by atoms with van der Waals surface area (Å²) in [4.78, 5) is 0. The van der Waals surface area contributed by atoms with Crippen LogP contribution in [-0.4, -0.2) is 11.4 Å². The highest BCUT2D eigenvalue weighted by Gasteiger charge is 2.30. The van der Waals surface area contributed by atoms with E-state index in [9.17, 15) is 0 Å². The molecule has 1 saturated carbocycles. The first-order valence-corrected chi connectivity index (χ1v) is 7.35. The molecule has 100 valence electrons. The Balaban J connectivity index is 1.58. The normalized spacial score (nSPS) is 29.4. The van der Waals surface area contributed by atoms with Crippen LogP contribution in [0.1, 0.15) is 25.7 Å². The van der Waals surface area contributed by atoms with E-state index in [1.807, 2.05) is 25.0 Å². The molecular weight excluding hydrogens is 244 g/mol. The number of hydrogen-bond donors (Lipinski definition) is 2. The second kappa shape index (κ2) is 5.58. The Kier molecular flexibility index (Phi) is 3.64. The summed E-state index contributed by atoms with van der Waals surface area (Å²) in [5.41, 5.74) is 3.97. The largest absolute Gasteiger partial charge is 0.275 e. The van der Waals surface area contributed by atoms with Crippen LogP contribution in [0.25, 0.3) is 0 Å². The maximum Gasteiger partial charge on any atom is 0.165 e. The van der Waals surface area contributed by atoms with Gasteiger partial charge in [-0.15, -0.1) is 0 Å². The molecule has 1 fully saturated rings. The van der Waals surface area contributed by atoms with Crippen LogP contribution in [0.5, 0.6) is 0 Å². The van der Waals surface area contributed by atoms with Crippen molar-refractivity contribution >= 4 is 11.4 Å². The van der Waals surface area contributed by atoms with Gasteiger partial charge in [-0.1, -0.05) is 0 Å². The maximum absolute atomic E-state index is 7.55. The summed E-state index contributed by atoms with van der Waals surface area (Å²) in [5.74, 6) is 1.31. The average Bonchev–Trinajstić information content (AvgIpc) is 2.49. The first kappa shape index (κ1) is 13.0. The van der Waals surface area contributed by atoms with Gasteiger partial charge < -0.3 is 0 Å². The molecule has 3 aliphatic carbocycles. The van der Waals surface area contributed by atoms with E-state index in [0.29, 0.717) is 23.3 Å². The number of nitrogens with one attached hydrogen (secondary N) is 2. The molecule has 0 aromatic carbocycles. The van der Waals surface area contributed by atoms with Gasteiger partial charge in [0.1, 0.15) is 0 Å². The average molecular weight is 264 g/mol. The second-order valence-electron chi connectivity index (χ2n) is 5.79. The van der Waals surface area contributed by atoms with Crippen molar-refractivity contribution in [2.45, 2.75) is 25.7 Å². The first-order valence-electron chi connectivity index (χ1n) is 7.35. The summed E-state index contributed by atoms with van der Waals surface area (Å²) < 4.78 is 0. The molecule has 0 aliphatic heterocycles. The summed E-state index contributed by atoms with van der Waals surface area (Å²) >= 11 is 0. The van der Waals surface area contributed by atoms with Crippen molar-refractivity contribution in [1.29, 1.82) is 10.8 Å². The molecule has 0 saturated heterocycles. The minimum atomic E-state index is 0.595. The van der Waals surface area contributed by atoms with Gasteiger partial charge in [-0.3, -0.25) is 10.8 Å². The highest BCUT2D eigenvalue weighted by atomic mass is 14.4. The van der Waals surface area contributed by atoms with Crippen molar-refractivity contribution < 1.29 is 0 Å². The second-order valence-corrected chi connectivity index (χ2v) is 5.79. The van der Waals surface area contributed by atoms with Crippen LogP contribution in [0.15, 0.2) is 47.6 Å². The molecule has 0 spiro atoms. The molecule has 2 heteroatoms. The van der Waals surface area contributed by atoms with Crippen LogP contribution in [0.4, 0.5) is 0 Å². The Labute approximate surface area is 121 Å². The zero-order valence-corrected chi connectivity index (χ0v) is 11.6. The summed E-state index contributed by atoms with van der Waals surface area (Å²) in [7, 11) is 0. The Morgan fingerprint density at radius 3 is 1.40 bits per heavy atom. The highest BCUT2D eigenvalue weighted by molar-refractivity contribution is 6.03. The predicted octanol–water partition coefficient (Wildman–Crippen LogP) is 4.23. The van der Waals surface area contributed by atoms with Gasteiger partial charge in [0.25, 0.3) is 0 Å². The van der Waals surface area contributed by atoms with Crippen molar-refractivity contribution in [3.63, 3.8) is 0 Å². The van der Waals surface area contributed by atoms with E-state index in [1.54, 1.807) is 0 Å². The zero-order chi connectivity index (χ0) is 13.9. The van der Waals surface area contributed by atoms with Gasteiger partial charge in [0.15, 0.2) is 11.4 Å². The number of allylic oxidation sites excluding steroid dienone is 8. The number of rotatable bonds is 2. The summed E-state index contributed by atoms with van der Waals surface area (Å²) in [6.45, 7) is 0. The van der Waals surface area contributed by atoms with Crippen LogP contribution < -0.4 is 0 Å². The lowest BCUT2D eigenvalue weighted by Crippen LogP contribution is -2.18. The van der Waals surface area contributed by atoms with Crippen molar-refractivity contribution in [1.82, 2.24) is 0 Å². The lowest BCUT2D eigenvalue weighted by atomic mass is 9.74. The Morgan fingerprint density at radius 1 is 0.700 bits per heavy atom. The van der Waals surface area contributed by atoms with Crippen molar-refractivity contribution in [3.8, 4) is 0 Å². The maximum atomic E-state index is 7.55. The van der Waals surface area contributed by atoms with Gasteiger partial charge in [0, 0.05) is 11.8 Å². The molecule has 2 N–H and O–H groups in total. The van der Waals surface area contributed by atoms with E-state index < -0.39 is 0 Å². The quantitative estimate of drug-likeness (QED) is 0.701. The van der Waals surface area contributed by atoms with Gasteiger partial charge in [0.2, 0.25) is 0 Å². The molecule has 0 unspecified atom stereocenters. The third-order valence-electron chi connectivity index (χ3n) is 4.49. The van der Waals surface area contributed by atoms with Crippen molar-refractivity contribution in [2.75, 3.05) is 0 Å². The molecule has 3 aliphatic rings. The van der Waals surface area contributed by atoms with Crippen LogP contribution in [-0.2, 0) is 0 Å². The molecule has 2 nitrogen and oxygen atoms in total. The fraction of sp³-hybridized carbons (Fsp3) is 0.333. The van der Waals surface area contributed by atoms with Gasteiger partial charge in [-0.25, -0.2) is 0 Å². The topological polar surface area (TPSA) is 47.7 Å². The van der Waals surface area contributed by atoms with Crippen LogP contribution in [0, 0.1) is 35.5 Å². The van der Waals surface area contributed by atoms with Gasteiger partial charge in [-0.2, -0.15) is 0 Å². The molecule has 20 heavy (non-hydrogen) atoms. The molecule has 0 radical (unpaired) electrons. The van der Waals surface area contributed by atoms with Gasteiger partial charge in [-0.05, 0) is 25.7 Å². The lowest BCUT2D eigenvalue weighted by Gasteiger charge is -2.26. The molecule has 0 aromatic rings. The van der Waals surface area contributed by atoms with Crippen molar-refractivity contribution in [3.05, 3.63) is 60.4 Å². The van der Waals surface area contributed by atoms with Gasteiger partial charge >= 0.3 is 0 Å². The molecule has 0 heterocycles. The monoisotopic (exact) mass is 264 g/mol. The summed E-state index contributed by atoms with van der Waals surface area (Å²) in [5, 5.41) is 15.1. The third-order valence-corrected chi connectivity index (χ3v) is 4.49. The molecule has 3 rings (SSSR count). The van der Waals surface area contributed by atoms with Crippen molar-refractivity contribution in [2.24, 2.45) is 11.8 Å². The Bertz CT molecular complexity index is 488. The van der Waals surface area contributed by atoms with E-state index in [-0.39, 0.29) is 0 Å². The molecular formula is C18H20N2+2. The number of hydrogen-bond acceptors (Lipinski definition) is 2. The summed E-state index contributed by atoms with van der Waals surface area (Å²) in [6, 6.07) is 0. The fourth-order valence-corrected chi connectivity index (χ4v) is 3.27. The zero-order valence-electron chi connectivity index (χ0n) is 11.6. The molecule has 0 bridgehead atoms. The smallest absolute Gasteiger partial charge is 0.165 e.